The van der Waals surface area contributed by atoms with E-state index in [2.05, 4.69) is 5.32 Å². The first-order chi connectivity index (χ1) is 22.2. The van der Waals surface area contributed by atoms with Gasteiger partial charge in [-0.15, -0.1) is 0 Å². The number of carbonyl (C=O) groups excluding carboxylic acids is 2. The second kappa shape index (κ2) is 15.0. The molecule has 0 fully saturated rings. The summed E-state index contributed by atoms with van der Waals surface area (Å²) in [4.78, 5) is 40.4. The van der Waals surface area contributed by atoms with Gasteiger partial charge in [-0.05, 0) is 68.3 Å². The average molecular weight is 698 g/mol. The monoisotopic (exact) mass is 696 g/mol. The number of halogens is 2. The first-order valence-corrected chi connectivity index (χ1v) is 16.8. The van der Waals surface area contributed by atoms with Gasteiger partial charge in [0.25, 0.3) is 15.7 Å². The molecule has 10 nitrogen and oxygen atoms in total. The summed E-state index contributed by atoms with van der Waals surface area (Å²) < 4.78 is 29.0. The molecule has 0 heterocycles. The summed E-state index contributed by atoms with van der Waals surface area (Å²) in [6, 6.07) is 25.3. The molecule has 1 N–H and O–H groups in total. The van der Waals surface area contributed by atoms with Crippen molar-refractivity contribution in [2.75, 3.05) is 10.8 Å². The number of nitrogens with zero attached hydrogens (tertiary/aromatic N) is 3. The Bertz CT molecular complexity index is 1830. The maximum absolute atomic E-state index is 14.5. The molecule has 0 spiro atoms. The van der Waals surface area contributed by atoms with Crippen LogP contribution in [0.2, 0.25) is 10.0 Å². The molecule has 0 aliphatic carbocycles. The lowest BCUT2D eigenvalue weighted by atomic mass is 10.0. The minimum Gasteiger partial charge on any atom is -0.350 e. The summed E-state index contributed by atoms with van der Waals surface area (Å²) in [5.74, 6) is -1.14. The third kappa shape index (κ3) is 9.31. The molecule has 0 saturated carbocycles. The summed E-state index contributed by atoms with van der Waals surface area (Å²) >= 11 is 12.5. The van der Waals surface area contributed by atoms with Gasteiger partial charge in [-0.3, -0.25) is 24.0 Å². The van der Waals surface area contributed by atoms with Gasteiger partial charge in [-0.1, -0.05) is 77.8 Å². The predicted molar refractivity (Wildman–Crippen MR) is 183 cm³/mol. The highest BCUT2D eigenvalue weighted by atomic mass is 35.5. The summed E-state index contributed by atoms with van der Waals surface area (Å²) in [5.41, 5.74) is 0.465. The van der Waals surface area contributed by atoms with E-state index in [0.29, 0.717) is 10.6 Å². The quantitative estimate of drug-likeness (QED) is 0.130. The average Bonchev–Trinajstić information content (AvgIpc) is 3.03. The Balaban J connectivity index is 1.84. The first-order valence-electron chi connectivity index (χ1n) is 14.6. The summed E-state index contributed by atoms with van der Waals surface area (Å²) in [6.07, 6.45) is 0.124. The summed E-state index contributed by atoms with van der Waals surface area (Å²) in [6.45, 7) is 4.63. The maximum atomic E-state index is 14.5. The number of sulfonamides is 1. The van der Waals surface area contributed by atoms with Crippen molar-refractivity contribution in [2.45, 2.75) is 50.2 Å². The lowest BCUT2D eigenvalue weighted by molar-refractivity contribution is -0.384. The number of rotatable bonds is 12. The van der Waals surface area contributed by atoms with E-state index in [9.17, 15) is 28.1 Å². The fourth-order valence-electron chi connectivity index (χ4n) is 4.83. The Morgan fingerprint density at radius 1 is 0.851 bits per heavy atom. The molecular formula is C34H34Cl2N4O6S. The zero-order valence-electron chi connectivity index (χ0n) is 26.0. The lowest BCUT2D eigenvalue weighted by Crippen LogP contribution is -2.56. The third-order valence-corrected chi connectivity index (χ3v) is 9.59. The zero-order valence-corrected chi connectivity index (χ0v) is 28.3. The largest absolute Gasteiger partial charge is 0.350 e. The molecule has 0 bridgehead atoms. The van der Waals surface area contributed by atoms with Gasteiger partial charge in [0.15, 0.2) is 0 Å². The minimum absolute atomic E-state index is 0.0287. The van der Waals surface area contributed by atoms with Crippen molar-refractivity contribution in [2.24, 2.45) is 0 Å². The standard InChI is InChI=1S/C34H34Cl2N4O6S/c1-34(2,3)37-33(42)31(21-24-10-6-4-7-11-24)38(22-25-14-19-29(35)30(36)20-25)32(41)23-39(26-15-17-27(18-16-26)40(43)44)47(45,46)28-12-8-5-9-13-28/h4-20,31H,21-23H2,1-3H3,(H,37,42). The Morgan fingerprint density at radius 3 is 2.00 bits per heavy atom. The van der Waals surface area contributed by atoms with Gasteiger partial charge in [0.05, 0.1) is 25.6 Å². The van der Waals surface area contributed by atoms with Gasteiger partial charge < -0.3 is 10.2 Å². The van der Waals surface area contributed by atoms with Crippen LogP contribution in [-0.4, -0.2) is 48.2 Å². The molecule has 0 saturated heterocycles. The van der Waals surface area contributed by atoms with Gasteiger partial charge in [-0.25, -0.2) is 8.42 Å². The molecule has 47 heavy (non-hydrogen) atoms. The van der Waals surface area contributed by atoms with Crippen molar-refractivity contribution >= 4 is 56.4 Å². The van der Waals surface area contributed by atoms with E-state index in [1.807, 2.05) is 51.1 Å². The van der Waals surface area contributed by atoms with Crippen LogP contribution in [0.3, 0.4) is 0 Å². The van der Waals surface area contributed by atoms with Crippen LogP contribution in [0.15, 0.2) is 108 Å². The van der Waals surface area contributed by atoms with Crippen molar-refractivity contribution in [3.8, 4) is 0 Å². The fraction of sp³-hybridized carbons (Fsp3) is 0.235. The Kier molecular flexibility index (Phi) is 11.3. The van der Waals surface area contributed by atoms with Crippen molar-refractivity contribution in [1.29, 1.82) is 0 Å². The number of nitro groups is 1. The smallest absolute Gasteiger partial charge is 0.269 e. The van der Waals surface area contributed by atoms with Crippen molar-refractivity contribution < 1.29 is 22.9 Å². The summed E-state index contributed by atoms with van der Waals surface area (Å²) in [7, 11) is -4.36. The van der Waals surface area contributed by atoms with E-state index < -0.39 is 44.9 Å². The number of anilines is 1. The zero-order chi connectivity index (χ0) is 34.4. The van der Waals surface area contributed by atoms with Gasteiger partial charge in [0.2, 0.25) is 11.8 Å². The first kappa shape index (κ1) is 35.4. The number of hydrogen-bond donors (Lipinski definition) is 1. The minimum atomic E-state index is -4.36. The topological polar surface area (TPSA) is 130 Å². The van der Waals surface area contributed by atoms with Gasteiger partial charge in [0.1, 0.15) is 12.6 Å². The van der Waals surface area contributed by atoms with Crippen molar-refractivity contribution in [1.82, 2.24) is 10.2 Å². The SMILES string of the molecule is CC(C)(C)NC(=O)C(Cc1ccccc1)N(Cc1ccc(Cl)c(Cl)c1)C(=O)CN(c1ccc([N+](=O)[O-])cc1)S(=O)(=O)c1ccccc1. The highest BCUT2D eigenvalue weighted by molar-refractivity contribution is 7.92. The van der Waals surface area contributed by atoms with Crippen molar-refractivity contribution in [3.05, 3.63) is 134 Å². The number of amides is 2. The number of nitrogens with one attached hydrogen (secondary N) is 1. The van der Waals surface area contributed by atoms with Crippen LogP contribution in [0.4, 0.5) is 11.4 Å². The molecule has 1 atom stereocenters. The van der Waals surface area contributed by atoms with Gasteiger partial charge >= 0.3 is 0 Å². The number of benzene rings is 4. The highest BCUT2D eigenvalue weighted by Gasteiger charge is 2.35. The van der Waals surface area contributed by atoms with Crippen LogP contribution in [0, 0.1) is 10.1 Å². The highest BCUT2D eigenvalue weighted by Crippen LogP contribution is 2.28. The molecular weight excluding hydrogens is 663 g/mol. The molecule has 0 aliphatic rings. The van der Waals surface area contributed by atoms with E-state index in [1.165, 1.54) is 29.2 Å². The second-order valence-electron chi connectivity index (χ2n) is 11.8. The van der Waals surface area contributed by atoms with Crippen LogP contribution in [0.25, 0.3) is 0 Å². The molecule has 0 radical (unpaired) electrons. The molecule has 4 aromatic rings. The number of hydrogen-bond acceptors (Lipinski definition) is 6. The van der Waals surface area contributed by atoms with Crippen LogP contribution in [0.1, 0.15) is 31.9 Å². The maximum Gasteiger partial charge on any atom is 0.269 e. The normalized spacial score (nSPS) is 12.2. The molecule has 0 aliphatic heterocycles. The van der Waals surface area contributed by atoms with Crippen LogP contribution >= 0.6 is 23.2 Å². The molecule has 13 heteroatoms. The molecule has 246 valence electrons. The molecule has 4 rings (SSSR count). The number of non-ortho nitro benzene ring substituents is 1. The lowest BCUT2D eigenvalue weighted by Gasteiger charge is -2.35. The van der Waals surface area contributed by atoms with E-state index in [4.69, 9.17) is 23.2 Å². The summed E-state index contributed by atoms with van der Waals surface area (Å²) in [5, 5.41) is 14.8. The van der Waals surface area contributed by atoms with Crippen LogP contribution in [-0.2, 0) is 32.6 Å². The molecule has 2 amide bonds. The Hall–Kier alpha value is -4.45. The Labute approximate surface area is 284 Å². The van der Waals surface area contributed by atoms with E-state index in [0.717, 1.165) is 22.0 Å². The number of nitro benzene ring substituents is 1. The number of carbonyl (C=O) groups is 2. The third-order valence-electron chi connectivity index (χ3n) is 7.06. The molecule has 0 aromatic heterocycles. The van der Waals surface area contributed by atoms with Crippen LogP contribution in [0.5, 0.6) is 0 Å². The predicted octanol–water partition coefficient (Wildman–Crippen LogP) is 6.65. The van der Waals surface area contributed by atoms with Crippen molar-refractivity contribution in [3.63, 3.8) is 0 Å². The van der Waals surface area contributed by atoms with E-state index in [1.54, 1.807) is 36.4 Å². The molecule has 1 unspecified atom stereocenters. The second-order valence-corrected chi connectivity index (χ2v) is 14.5. The Morgan fingerprint density at radius 2 is 1.45 bits per heavy atom. The van der Waals surface area contributed by atoms with Gasteiger partial charge in [0, 0.05) is 30.6 Å². The fourth-order valence-corrected chi connectivity index (χ4v) is 6.59. The van der Waals surface area contributed by atoms with E-state index in [-0.39, 0.29) is 34.3 Å². The van der Waals surface area contributed by atoms with Gasteiger partial charge in [-0.2, -0.15) is 0 Å². The molecule has 4 aromatic carbocycles. The van der Waals surface area contributed by atoms with E-state index >= 15 is 0 Å². The van der Waals surface area contributed by atoms with Crippen LogP contribution < -0.4 is 9.62 Å².